The highest BCUT2D eigenvalue weighted by Gasteiger charge is 2.32. The molecule has 5 rings (SSSR count). The molecule has 8 heteroatoms. The monoisotopic (exact) mass is 398 g/mol. The molecule has 29 heavy (non-hydrogen) atoms. The minimum absolute atomic E-state index is 0.307. The van der Waals surface area contributed by atoms with Crippen LogP contribution in [0.2, 0.25) is 0 Å². The van der Waals surface area contributed by atoms with Gasteiger partial charge in [0.05, 0.1) is 5.60 Å². The molecule has 0 bridgehead atoms. The first-order chi connectivity index (χ1) is 14.2. The fourth-order valence-electron chi connectivity index (χ4n) is 4.13. The first kappa shape index (κ1) is 18.6. The summed E-state index contributed by atoms with van der Waals surface area (Å²) < 4.78 is 16.2. The van der Waals surface area contributed by atoms with E-state index >= 15 is 0 Å². The Labute approximate surface area is 170 Å². The fourth-order valence-corrected chi connectivity index (χ4v) is 4.13. The van der Waals surface area contributed by atoms with Crippen LogP contribution in [0.15, 0.2) is 30.6 Å². The quantitative estimate of drug-likeness (QED) is 0.831. The summed E-state index contributed by atoms with van der Waals surface area (Å²) in [5.41, 5.74) is 1.15. The van der Waals surface area contributed by atoms with Crippen molar-refractivity contribution < 1.29 is 19.3 Å². The van der Waals surface area contributed by atoms with Crippen molar-refractivity contribution in [2.45, 2.75) is 25.0 Å². The summed E-state index contributed by atoms with van der Waals surface area (Å²) in [4.78, 5) is 13.7. The number of hydrogen-bond acceptors (Lipinski definition) is 8. The summed E-state index contributed by atoms with van der Waals surface area (Å²) in [6, 6.07) is 6.15. The molecule has 4 heterocycles. The molecule has 0 saturated carbocycles. The number of ether oxygens (including phenoxy) is 3. The van der Waals surface area contributed by atoms with E-state index in [0.717, 1.165) is 55.7 Å². The normalized spacial score (nSPS) is 21.3. The molecular weight excluding hydrogens is 372 g/mol. The molecule has 3 aliphatic rings. The van der Waals surface area contributed by atoms with E-state index in [1.54, 1.807) is 12.4 Å². The molecular formula is C21H26N4O4. The highest BCUT2D eigenvalue weighted by molar-refractivity contribution is 5.44. The van der Waals surface area contributed by atoms with Gasteiger partial charge >= 0.3 is 0 Å². The van der Waals surface area contributed by atoms with Gasteiger partial charge < -0.3 is 24.2 Å². The molecule has 0 radical (unpaired) electrons. The topological polar surface area (TPSA) is 80.2 Å². The zero-order valence-corrected chi connectivity index (χ0v) is 16.4. The number of fused-ring (bicyclic) bond motifs is 1. The van der Waals surface area contributed by atoms with E-state index in [2.05, 4.69) is 31.9 Å². The van der Waals surface area contributed by atoms with Crippen LogP contribution in [0, 0.1) is 0 Å². The Morgan fingerprint density at radius 3 is 2.45 bits per heavy atom. The fraction of sp³-hybridized carbons (Fsp3) is 0.524. The molecule has 2 fully saturated rings. The van der Waals surface area contributed by atoms with E-state index in [9.17, 15) is 5.11 Å². The lowest BCUT2D eigenvalue weighted by Crippen LogP contribution is -2.46. The second kappa shape index (κ2) is 7.78. The largest absolute Gasteiger partial charge is 0.454 e. The Bertz CT molecular complexity index is 846. The third-order valence-electron chi connectivity index (χ3n) is 5.99. The molecule has 154 valence electrons. The van der Waals surface area contributed by atoms with Gasteiger partial charge in [0.25, 0.3) is 0 Å². The average Bonchev–Trinajstić information content (AvgIpc) is 3.23. The molecule has 1 aromatic heterocycles. The van der Waals surface area contributed by atoms with E-state index in [1.807, 2.05) is 6.07 Å². The van der Waals surface area contributed by atoms with Crippen molar-refractivity contribution in [2.24, 2.45) is 0 Å². The van der Waals surface area contributed by atoms with Gasteiger partial charge in [-0.2, -0.15) is 0 Å². The van der Waals surface area contributed by atoms with Crippen molar-refractivity contribution in [1.82, 2.24) is 14.9 Å². The predicted octanol–water partition coefficient (Wildman–Crippen LogP) is 1.53. The van der Waals surface area contributed by atoms with E-state index in [1.165, 1.54) is 5.56 Å². The van der Waals surface area contributed by atoms with Gasteiger partial charge in [-0.15, -0.1) is 0 Å². The highest BCUT2D eigenvalue weighted by Crippen LogP contribution is 2.33. The van der Waals surface area contributed by atoms with Crippen LogP contribution in [0.5, 0.6) is 11.5 Å². The summed E-state index contributed by atoms with van der Waals surface area (Å²) in [7, 11) is 0. The molecule has 0 spiro atoms. The molecule has 1 N–H and O–H groups in total. The van der Waals surface area contributed by atoms with Gasteiger partial charge in [0.1, 0.15) is 0 Å². The Hall–Kier alpha value is -2.42. The van der Waals surface area contributed by atoms with Crippen LogP contribution in [0.25, 0.3) is 0 Å². The van der Waals surface area contributed by atoms with Crippen LogP contribution < -0.4 is 14.4 Å². The van der Waals surface area contributed by atoms with Crippen molar-refractivity contribution in [3.8, 4) is 11.5 Å². The van der Waals surface area contributed by atoms with Crippen molar-refractivity contribution in [2.75, 3.05) is 51.1 Å². The Morgan fingerprint density at radius 2 is 1.69 bits per heavy atom. The third-order valence-corrected chi connectivity index (χ3v) is 5.99. The number of aromatic nitrogens is 2. The lowest BCUT2D eigenvalue weighted by Gasteiger charge is -2.35. The van der Waals surface area contributed by atoms with Crippen molar-refractivity contribution >= 4 is 5.95 Å². The first-order valence-electron chi connectivity index (χ1n) is 10.2. The van der Waals surface area contributed by atoms with Crippen LogP contribution in [0.3, 0.4) is 0 Å². The molecule has 0 unspecified atom stereocenters. The van der Waals surface area contributed by atoms with Gasteiger partial charge in [0, 0.05) is 76.7 Å². The summed E-state index contributed by atoms with van der Waals surface area (Å²) in [5.74, 6) is 2.39. The van der Waals surface area contributed by atoms with Gasteiger partial charge in [-0.3, -0.25) is 4.90 Å². The lowest BCUT2D eigenvalue weighted by atomic mass is 9.88. The molecule has 0 amide bonds. The number of rotatable bonds is 4. The van der Waals surface area contributed by atoms with Crippen LogP contribution in [-0.2, 0) is 16.9 Å². The number of aliphatic hydroxyl groups is 1. The third kappa shape index (κ3) is 3.88. The number of nitrogens with zero attached hydrogens (tertiary/aromatic N) is 4. The van der Waals surface area contributed by atoms with Crippen LogP contribution in [0.4, 0.5) is 5.95 Å². The maximum Gasteiger partial charge on any atom is 0.231 e. The molecule has 2 aromatic rings. The zero-order chi connectivity index (χ0) is 19.7. The van der Waals surface area contributed by atoms with Gasteiger partial charge in [0.15, 0.2) is 11.5 Å². The van der Waals surface area contributed by atoms with Crippen molar-refractivity contribution in [3.05, 3.63) is 41.7 Å². The summed E-state index contributed by atoms with van der Waals surface area (Å²) >= 11 is 0. The standard InChI is InChI=1S/C21H26N4O4/c26-21(3-9-27-10-4-21)17-12-22-20(23-13-17)25-7-5-24(6-8-25)14-16-1-2-18-19(11-16)29-15-28-18/h1-2,11-13,26H,3-10,14-15H2. The number of benzene rings is 1. The second-order valence-electron chi connectivity index (χ2n) is 7.87. The number of piperazine rings is 1. The lowest BCUT2D eigenvalue weighted by molar-refractivity contribution is -0.0682. The zero-order valence-electron chi connectivity index (χ0n) is 16.4. The number of hydrogen-bond donors (Lipinski definition) is 1. The molecule has 2 saturated heterocycles. The van der Waals surface area contributed by atoms with Crippen LogP contribution in [0.1, 0.15) is 24.0 Å². The molecule has 8 nitrogen and oxygen atoms in total. The van der Waals surface area contributed by atoms with E-state index in [0.29, 0.717) is 32.8 Å². The summed E-state index contributed by atoms with van der Waals surface area (Å²) in [6.07, 6.45) is 4.72. The van der Waals surface area contributed by atoms with E-state index in [4.69, 9.17) is 14.2 Å². The average molecular weight is 398 g/mol. The smallest absolute Gasteiger partial charge is 0.231 e. The Balaban J connectivity index is 1.17. The molecule has 0 atom stereocenters. The summed E-state index contributed by atoms with van der Waals surface area (Å²) in [5, 5.41) is 10.8. The van der Waals surface area contributed by atoms with Gasteiger partial charge in [-0.25, -0.2) is 9.97 Å². The SMILES string of the molecule is OC1(c2cnc(N3CCN(Cc4ccc5c(c4)OCO5)CC3)nc2)CCOCC1. The molecule has 3 aliphatic heterocycles. The number of anilines is 1. The Morgan fingerprint density at radius 1 is 0.966 bits per heavy atom. The second-order valence-corrected chi connectivity index (χ2v) is 7.87. The molecule has 0 aliphatic carbocycles. The molecule has 1 aromatic carbocycles. The van der Waals surface area contributed by atoms with Gasteiger partial charge in [-0.05, 0) is 17.7 Å². The maximum absolute atomic E-state index is 10.8. The van der Waals surface area contributed by atoms with Crippen molar-refractivity contribution in [1.29, 1.82) is 0 Å². The predicted molar refractivity (Wildman–Crippen MR) is 106 cm³/mol. The summed E-state index contributed by atoms with van der Waals surface area (Å²) in [6.45, 7) is 5.99. The van der Waals surface area contributed by atoms with Crippen LogP contribution in [-0.4, -0.2) is 66.2 Å². The highest BCUT2D eigenvalue weighted by atomic mass is 16.7. The first-order valence-corrected chi connectivity index (χ1v) is 10.2. The minimum atomic E-state index is -0.861. The van der Waals surface area contributed by atoms with E-state index in [-0.39, 0.29) is 0 Å². The maximum atomic E-state index is 10.8. The van der Waals surface area contributed by atoms with Crippen LogP contribution >= 0.6 is 0 Å². The minimum Gasteiger partial charge on any atom is -0.454 e. The Kier molecular flexibility index (Phi) is 4.99. The van der Waals surface area contributed by atoms with Gasteiger partial charge in [0.2, 0.25) is 12.7 Å². The van der Waals surface area contributed by atoms with Crippen molar-refractivity contribution in [3.63, 3.8) is 0 Å². The van der Waals surface area contributed by atoms with Gasteiger partial charge in [-0.1, -0.05) is 6.07 Å². The van der Waals surface area contributed by atoms with E-state index < -0.39 is 5.60 Å².